The minimum atomic E-state index is -3.01. The highest BCUT2D eigenvalue weighted by Crippen LogP contribution is 2.26. The second-order valence-corrected chi connectivity index (χ2v) is 5.91. The molecule has 3 nitrogen and oxygen atoms in total. The highest BCUT2D eigenvalue weighted by Gasteiger charge is 2.35. The monoisotopic (exact) mass is 213 g/mol. The third-order valence-electron chi connectivity index (χ3n) is 2.38. The van der Waals surface area contributed by atoms with Gasteiger partial charge in [-0.05, 0) is 12.8 Å². The van der Waals surface area contributed by atoms with Gasteiger partial charge in [0.1, 0.15) is 9.84 Å². The van der Waals surface area contributed by atoms with Gasteiger partial charge in [0.05, 0.1) is 11.5 Å². The molecule has 0 aliphatic carbocycles. The van der Waals surface area contributed by atoms with Gasteiger partial charge >= 0.3 is 0 Å². The van der Waals surface area contributed by atoms with Crippen molar-refractivity contribution < 1.29 is 17.2 Å². The summed E-state index contributed by atoms with van der Waals surface area (Å²) in [4.78, 5) is 0. The highest BCUT2D eigenvalue weighted by molar-refractivity contribution is 7.91. The average molecular weight is 213 g/mol. The van der Waals surface area contributed by atoms with Crippen LogP contribution in [0.1, 0.15) is 19.3 Å². The summed E-state index contributed by atoms with van der Waals surface area (Å²) in [6, 6.07) is 0. The molecule has 1 aliphatic rings. The van der Waals surface area contributed by atoms with Crippen molar-refractivity contribution in [2.75, 3.05) is 11.5 Å². The number of hydrogen-bond acceptors (Lipinski definition) is 3. The minimum absolute atomic E-state index is 0.0593. The molecule has 6 heteroatoms. The number of rotatable bonds is 2. The van der Waals surface area contributed by atoms with Gasteiger partial charge in [-0.2, -0.15) is 0 Å². The molecule has 1 fully saturated rings. The van der Waals surface area contributed by atoms with Crippen molar-refractivity contribution in [3.63, 3.8) is 0 Å². The largest absolute Gasteiger partial charge is 0.325 e. The standard InChI is InChI=1S/C7H13F2NO2S/c8-6(9)5-7(10)1-3-13(11,12)4-2-7/h6H,1-5,10H2. The van der Waals surface area contributed by atoms with Crippen LogP contribution in [0.25, 0.3) is 0 Å². The number of hydrogen-bond donors (Lipinski definition) is 1. The molecule has 78 valence electrons. The van der Waals surface area contributed by atoms with Crippen LogP contribution in [0.3, 0.4) is 0 Å². The summed E-state index contributed by atoms with van der Waals surface area (Å²) >= 11 is 0. The Bertz CT molecular complexity index is 262. The average Bonchev–Trinajstić information content (AvgIpc) is 1.95. The van der Waals surface area contributed by atoms with Gasteiger partial charge in [0.15, 0.2) is 0 Å². The number of sulfone groups is 1. The van der Waals surface area contributed by atoms with Crippen LogP contribution >= 0.6 is 0 Å². The molecule has 0 aromatic carbocycles. The Morgan fingerprint density at radius 2 is 1.77 bits per heavy atom. The van der Waals surface area contributed by atoms with E-state index in [-0.39, 0.29) is 24.3 Å². The quantitative estimate of drug-likeness (QED) is 0.728. The Kier molecular flexibility index (Phi) is 2.91. The fourth-order valence-electron chi connectivity index (χ4n) is 1.46. The molecule has 0 atom stereocenters. The Balaban J connectivity index is 2.56. The summed E-state index contributed by atoms with van der Waals surface area (Å²) in [5, 5.41) is 0. The van der Waals surface area contributed by atoms with Crippen molar-refractivity contribution in [2.45, 2.75) is 31.2 Å². The molecule has 1 heterocycles. The molecule has 0 unspecified atom stereocenters. The Morgan fingerprint density at radius 1 is 1.31 bits per heavy atom. The molecular weight excluding hydrogens is 200 g/mol. The molecule has 0 saturated carbocycles. The number of alkyl halides is 2. The van der Waals surface area contributed by atoms with Crippen molar-refractivity contribution in [1.82, 2.24) is 0 Å². The van der Waals surface area contributed by atoms with Gasteiger partial charge in [-0.3, -0.25) is 0 Å². The van der Waals surface area contributed by atoms with E-state index in [1.54, 1.807) is 0 Å². The van der Waals surface area contributed by atoms with E-state index in [9.17, 15) is 17.2 Å². The van der Waals surface area contributed by atoms with Crippen LogP contribution in [-0.4, -0.2) is 31.9 Å². The van der Waals surface area contributed by atoms with Crippen LogP contribution in [0, 0.1) is 0 Å². The first-order chi connectivity index (χ1) is 5.83. The predicted molar refractivity (Wildman–Crippen MR) is 45.4 cm³/mol. The predicted octanol–water partition coefficient (Wildman–Crippen LogP) is 0.548. The van der Waals surface area contributed by atoms with Crippen molar-refractivity contribution in [2.24, 2.45) is 5.73 Å². The summed E-state index contributed by atoms with van der Waals surface area (Å²) in [5.41, 5.74) is 4.66. The maximum Gasteiger partial charge on any atom is 0.240 e. The van der Waals surface area contributed by atoms with Crippen LogP contribution in [0.15, 0.2) is 0 Å². The zero-order chi connectivity index (χ0) is 10.1. The summed E-state index contributed by atoms with van der Waals surface area (Å²) < 4.78 is 46.0. The molecule has 2 N–H and O–H groups in total. The molecule has 1 saturated heterocycles. The van der Waals surface area contributed by atoms with Crippen molar-refractivity contribution in [3.05, 3.63) is 0 Å². The van der Waals surface area contributed by atoms with Crippen molar-refractivity contribution in [3.8, 4) is 0 Å². The lowest BCUT2D eigenvalue weighted by molar-refractivity contribution is 0.100. The first kappa shape index (κ1) is 10.8. The van der Waals surface area contributed by atoms with Gasteiger partial charge in [0.25, 0.3) is 0 Å². The van der Waals surface area contributed by atoms with Gasteiger partial charge in [-0.25, -0.2) is 17.2 Å². The minimum Gasteiger partial charge on any atom is -0.325 e. The van der Waals surface area contributed by atoms with Crippen molar-refractivity contribution in [1.29, 1.82) is 0 Å². The second kappa shape index (κ2) is 3.49. The van der Waals surface area contributed by atoms with Crippen LogP contribution < -0.4 is 5.73 Å². The number of nitrogens with two attached hydrogens (primary N) is 1. The zero-order valence-electron chi connectivity index (χ0n) is 7.17. The molecule has 1 rings (SSSR count). The molecule has 0 aromatic rings. The molecule has 1 aliphatic heterocycles. The van der Waals surface area contributed by atoms with E-state index in [1.807, 2.05) is 0 Å². The van der Waals surface area contributed by atoms with Gasteiger partial charge in [0, 0.05) is 12.0 Å². The molecular formula is C7H13F2NO2S. The molecule has 13 heavy (non-hydrogen) atoms. The first-order valence-corrected chi connectivity index (χ1v) is 5.93. The topological polar surface area (TPSA) is 60.2 Å². The van der Waals surface area contributed by atoms with E-state index in [4.69, 9.17) is 5.73 Å². The Labute approximate surface area is 76.2 Å². The van der Waals surface area contributed by atoms with Gasteiger partial charge < -0.3 is 5.73 Å². The maximum absolute atomic E-state index is 12.0. The van der Waals surface area contributed by atoms with E-state index in [1.165, 1.54) is 0 Å². The van der Waals surface area contributed by atoms with Crippen molar-refractivity contribution >= 4 is 9.84 Å². The molecule has 0 amide bonds. The summed E-state index contributed by atoms with van der Waals surface area (Å²) in [7, 11) is -3.01. The van der Waals surface area contributed by atoms with E-state index >= 15 is 0 Å². The van der Waals surface area contributed by atoms with E-state index in [0.717, 1.165) is 0 Å². The van der Waals surface area contributed by atoms with E-state index < -0.39 is 28.2 Å². The van der Waals surface area contributed by atoms with E-state index in [0.29, 0.717) is 0 Å². The lowest BCUT2D eigenvalue weighted by atomic mass is 9.90. The molecule has 0 aromatic heterocycles. The molecule has 0 radical (unpaired) electrons. The van der Waals surface area contributed by atoms with E-state index in [2.05, 4.69) is 0 Å². The Hall–Kier alpha value is -0.230. The zero-order valence-corrected chi connectivity index (χ0v) is 7.99. The van der Waals surface area contributed by atoms with Crippen LogP contribution in [0.2, 0.25) is 0 Å². The first-order valence-electron chi connectivity index (χ1n) is 4.10. The highest BCUT2D eigenvalue weighted by atomic mass is 32.2. The van der Waals surface area contributed by atoms with Gasteiger partial charge in [-0.15, -0.1) is 0 Å². The lowest BCUT2D eigenvalue weighted by Crippen LogP contribution is -2.48. The number of halogens is 2. The summed E-state index contributed by atoms with van der Waals surface area (Å²) in [5.74, 6) is -0.119. The van der Waals surface area contributed by atoms with Gasteiger partial charge in [-0.1, -0.05) is 0 Å². The fourth-order valence-corrected chi connectivity index (χ4v) is 3.10. The van der Waals surface area contributed by atoms with Crippen LogP contribution in [-0.2, 0) is 9.84 Å². The van der Waals surface area contributed by atoms with Gasteiger partial charge in [0.2, 0.25) is 6.43 Å². The maximum atomic E-state index is 12.0. The molecule has 0 bridgehead atoms. The third kappa shape index (κ3) is 3.19. The second-order valence-electron chi connectivity index (χ2n) is 3.61. The summed E-state index contributed by atoms with van der Waals surface area (Å²) in [6.45, 7) is 0. The SMILES string of the molecule is NC1(CC(F)F)CCS(=O)(=O)CC1. The Morgan fingerprint density at radius 3 is 2.15 bits per heavy atom. The summed E-state index contributed by atoms with van der Waals surface area (Å²) in [6.07, 6.45) is -2.55. The fraction of sp³-hybridized carbons (Fsp3) is 1.00. The normalized spacial score (nSPS) is 26.2. The van der Waals surface area contributed by atoms with Crippen LogP contribution in [0.4, 0.5) is 8.78 Å². The van der Waals surface area contributed by atoms with Crippen LogP contribution in [0.5, 0.6) is 0 Å². The smallest absolute Gasteiger partial charge is 0.240 e. The third-order valence-corrected chi connectivity index (χ3v) is 4.04. The molecule has 0 spiro atoms. The lowest BCUT2D eigenvalue weighted by Gasteiger charge is -2.32.